The molecule has 3 aromatic carbocycles. The molecule has 8 amide bonds. The molecule has 0 bridgehead atoms. The molecule has 0 fully saturated rings. The topological polar surface area (TPSA) is 366 Å². The zero-order valence-corrected chi connectivity index (χ0v) is 45.4. The minimum atomic E-state index is -5.04. The van der Waals surface area contributed by atoms with Gasteiger partial charge in [-0.25, -0.2) is 8.42 Å². The number of aromatic nitrogens is 1. The number of carbonyl (C=O) groups excluding carboxylic acids is 8. The number of para-hydroxylation sites is 1. The number of benzene rings is 3. The number of carbonyl (C=O) groups is 9. The fourth-order valence-electron chi connectivity index (χ4n) is 7.31. The quantitative estimate of drug-likeness (QED) is 0.0138. The summed E-state index contributed by atoms with van der Waals surface area (Å²) in [5.74, 6) is -7.75. The molecule has 4 aromatic rings. The molecule has 74 heavy (non-hydrogen) atoms. The van der Waals surface area contributed by atoms with Crippen molar-refractivity contribution in [3.63, 3.8) is 0 Å². The maximum Gasteiger partial charge on any atom is 1.00 e. The summed E-state index contributed by atoms with van der Waals surface area (Å²) in [6.45, 7) is 0.484. The van der Waals surface area contributed by atoms with Crippen molar-refractivity contribution in [2.24, 2.45) is 5.73 Å². The largest absolute Gasteiger partial charge is 1.00 e. The Bertz CT molecular complexity index is 2700. The van der Waals surface area contributed by atoms with Gasteiger partial charge in [-0.2, -0.15) is 23.5 Å². The molecule has 0 radical (unpaired) electrons. The first-order valence-corrected chi connectivity index (χ1v) is 26.7. The van der Waals surface area contributed by atoms with Gasteiger partial charge in [0.25, 0.3) is 10.4 Å². The average Bonchev–Trinajstić information content (AvgIpc) is 3.74. The van der Waals surface area contributed by atoms with E-state index in [0.29, 0.717) is 33.6 Å². The Labute approximate surface area is 457 Å². The summed E-state index contributed by atoms with van der Waals surface area (Å²) in [4.78, 5) is 122. The van der Waals surface area contributed by atoms with Gasteiger partial charge < -0.3 is 61.8 Å². The average molecular weight is 1090 g/mol. The molecule has 1 aromatic heterocycles. The summed E-state index contributed by atoms with van der Waals surface area (Å²) in [6.07, 6.45) is 4.06. The fraction of sp³-hybridized carbons (Fsp3) is 0.383. The number of H-pyrrole nitrogens is 1. The van der Waals surface area contributed by atoms with E-state index in [2.05, 4.69) is 46.4 Å². The summed E-state index contributed by atoms with van der Waals surface area (Å²) in [5, 5.41) is 28.1. The van der Waals surface area contributed by atoms with E-state index in [-0.39, 0.29) is 67.4 Å². The van der Waals surface area contributed by atoms with E-state index in [1.807, 2.05) is 0 Å². The summed E-state index contributed by atoms with van der Waals surface area (Å²) >= 11 is 2.69. The molecule has 0 aliphatic rings. The van der Waals surface area contributed by atoms with E-state index in [4.69, 9.17) is 5.73 Å². The molecule has 23 nitrogen and oxygen atoms in total. The number of primary amides is 1. The Kier molecular flexibility index (Phi) is 25.9. The van der Waals surface area contributed by atoms with Crippen LogP contribution in [0.3, 0.4) is 0 Å². The number of hydrogen-bond acceptors (Lipinski definition) is 15. The van der Waals surface area contributed by atoms with Gasteiger partial charge in [0.2, 0.25) is 47.3 Å². The molecule has 6 atom stereocenters. The first kappa shape index (κ1) is 62.1. The number of amides is 8. The Morgan fingerprint density at radius 3 is 1.72 bits per heavy atom. The number of hydrogen-bond donors (Lipinski definition) is 10. The van der Waals surface area contributed by atoms with Crippen LogP contribution in [0.25, 0.3) is 10.9 Å². The Morgan fingerprint density at radius 2 is 1.15 bits per heavy atom. The molecule has 27 heteroatoms. The van der Waals surface area contributed by atoms with Gasteiger partial charge in [-0.15, -0.1) is 0 Å². The molecule has 0 aliphatic heterocycles. The SMILES string of the molecule is CSCC[C@H](NC(=O)[C@H](Cc1ccc(OS(=O)(=O)[O-])cc1)NC(C)=O)C(=O)NCC(=O)N[C@H](Cc1c[nH]c2ccccc12)C(=O)N[C@@H](CCSC)C(=O)N[C@@H](CC(=O)O)C(=O)N[C@@H](Cc1ccccc1)C(N)=O.[Na+]. The van der Waals surface area contributed by atoms with Crippen molar-refractivity contribution in [3.05, 3.63) is 102 Å². The normalized spacial score (nSPS) is 13.5. The van der Waals surface area contributed by atoms with Gasteiger partial charge in [0.05, 0.1) is 13.0 Å². The second kappa shape index (κ2) is 30.9. The second-order valence-electron chi connectivity index (χ2n) is 16.5. The predicted molar refractivity (Wildman–Crippen MR) is 270 cm³/mol. The fourth-order valence-corrected chi connectivity index (χ4v) is 8.60. The standard InChI is InChI=1S/C47H59N9O14S3.Na/c1-27(57)51-37(22-29-13-15-31(16-14-29)70-73(67,68)69)45(64)53-34(17-19-71-2)43(62)50-26-40(58)52-38(23-30-25-49-33-12-8-7-11-32(30)33)46(65)54-35(18-20-72-3)44(63)56-39(24-41(59)60)47(66)55-36(42(48)61)21-28-9-5-4-6-10-28;/h4-16,25,34-39,49H,17-24,26H2,1-3H3,(H2,48,61)(H,50,62)(H,51,57)(H,52,58)(H,53,64)(H,54,65)(H,55,66)(H,56,63)(H,59,60)(H,67,68,69);/q;+1/p-1/t34-,35-,36-,37-,38+,39-;/m0./s1. The van der Waals surface area contributed by atoms with E-state index in [9.17, 15) is 61.2 Å². The Morgan fingerprint density at radius 1 is 0.649 bits per heavy atom. The van der Waals surface area contributed by atoms with Crippen LogP contribution in [-0.4, -0.2) is 143 Å². The maximum atomic E-state index is 14.3. The predicted octanol–water partition coefficient (Wildman–Crippen LogP) is -3.45. The van der Waals surface area contributed by atoms with E-state index in [1.165, 1.54) is 54.7 Å². The van der Waals surface area contributed by atoms with Crippen molar-refractivity contribution in [1.29, 1.82) is 0 Å². The third-order valence-corrected chi connectivity index (χ3v) is 12.6. The van der Waals surface area contributed by atoms with Crippen LogP contribution in [0.1, 0.15) is 42.9 Å². The number of thioether (sulfide) groups is 2. The zero-order chi connectivity index (χ0) is 53.7. The van der Waals surface area contributed by atoms with Gasteiger partial charge >= 0.3 is 35.5 Å². The number of carboxylic acid groups (broad SMARTS) is 1. The smallest absolute Gasteiger partial charge is 0.716 e. The van der Waals surface area contributed by atoms with E-state index >= 15 is 0 Å². The van der Waals surface area contributed by atoms with Crippen LogP contribution in [0.2, 0.25) is 0 Å². The van der Waals surface area contributed by atoms with Gasteiger partial charge in [0.15, 0.2) is 0 Å². The zero-order valence-electron chi connectivity index (χ0n) is 41.0. The van der Waals surface area contributed by atoms with Crippen molar-refractivity contribution in [3.8, 4) is 5.75 Å². The molecule has 4 rings (SSSR count). The number of aromatic amines is 1. The molecule has 0 aliphatic carbocycles. The summed E-state index contributed by atoms with van der Waals surface area (Å²) in [6, 6.07) is 12.7. The maximum absolute atomic E-state index is 14.3. The Balaban J connectivity index is 0.0000144. The van der Waals surface area contributed by atoms with Gasteiger partial charge in [0, 0.05) is 43.3 Å². The number of aliphatic carboxylic acids is 1. The van der Waals surface area contributed by atoms with Crippen LogP contribution in [0, 0.1) is 0 Å². The molecule has 11 N–H and O–H groups in total. The number of rotatable bonds is 30. The van der Waals surface area contributed by atoms with E-state index in [0.717, 1.165) is 5.52 Å². The molecular formula is C47H58N9NaO14S3. The number of nitrogens with one attached hydrogen (secondary N) is 8. The molecule has 0 unspecified atom stereocenters. The van der Waals surface area contributed by atoms with Crippen LogP contribution in [0.4, 0.5) is 0 Å². The van der Waals surface area contributed by atoms with Gasteiger partial charge in [-0.05, 0) is 71.7 Å². The number of fused-ring (bicyclic) bond motifs is 1. The molecule has 394 valence electrons. The van der Waals surface area contributed by atoms with Crippen molar-refractivity contribution in [1.82, 2.24) is 42.2 Å². The number of nitrogens with two attached hydrogens (primary N) is 1. The third kappa shape index (κ3) is 21.4. The van der Waals surface area contributed by atoms with Crippen LogP contribution in [0.5, 0.6) is 5.75 Å². The van der Waals surface area contributed by atoms with E-state index < -0.39 is 113 Å². The van der Waals surface area contributed by atoms with Crippen LogP contribution in [0.15, 0.2) is 85.1 Å². The van der Waals surface area contributed by atoms with Crippen LogP contribution in [-0.2, 0) is 72.8 Å². The molecule has 0 spiro atoms. The summed E-state index contributed by atoms with van der Waals surface area (Å²) in [7, 11) is -5.04. The van der Waals surface area contributed by atoms with E-state index in [1.54, 1.807) is 73.3 Å². The second-order valence-corrected chi connectivity index (χ2v) is 19.4. The van der Waals surface area contributed by atoms with Crippen molar-refractivity contribution in [2.75, 3.05) is 30.6 Å². The first-order chi connectivity index (χ1) is 34.7. The molecule has 0 saturated carbocycles. The third-order valence-electron chi connectivity index (χ3n) is 10.9. The molecule has 1 heterocycles. The van der Waals surface area contributed by atoms with Crippen LogP contribution >= 0.6 is 23.5 Å². The Hall–Kier alpha value is -6.16. The van der Waals surface area contributed by atoms with Gasteiger partial charge in [0.1, 0.15) is 42.0 Å². The first-order valence-electron chi connectivity index (χ1n) is 22.5. The monoisotopic (exact) mass is 1090 g/mol. The minimum Gasteiger partial charge on any atom is -0.716 e. The van der Waals surface area contributed by atoms with Crippen LogP contribution < -0.4 is 76.7 Å². The van der Waals surface area contributed by atoms with Crippen molar-refractivity contribution < 1.29 is 95.0 Å². The van der Waals surface area contributed by atoms with Crippen molar-refractivity contribution >= 4 is 98.1 Å². The number of carboxylic acids is 1. The molecular weight excluding hydrogens is 1030 g/mol. The summed E-state index contributed by atoms with van der Waals surface area (Å²) in [5.41, 5.74) is 7.95. The van der Waals surface area contributed by atoms with Gasteiger partial charge in [-0.3, -0.25) is 43.2 Å². The summed E-state index contributed by atoms with van der Waals surface area (Å²) < 4.78 is 37.3. The molecule has 0 saturated heterocycles. The van der Waals surface area contributed by atoms with Gasteiger partial charge in [-0.1, -0.05) is 60.7 Å². The van der Waals surface area contributed by atoms with Crippen molar-refractivity contribution in [2.45, 2.75) is 81.7 Å². The minimum absolute atomic E-state index is 0.